The Kier molecular flexibility index (Phi) is 4.22. The van der Waals surface area contributed by atoms with Crippen molar-refractivity contribution in [1.82, 2.24) is 4.98 Å². The number of rotatable bonds is 4. The number of hydrogen-bond acceptors (Lipinski definition) is 4. The molecule has 2 aromatic carbocycles. The Hall–Kier alpha value is -1.85. The number of hydrogen-bond donors (Lipinski definition) is 1. The number of nitrogens with one attached hydrogen (secondary N) is 1. The zero-order valence-electron chi connectivity index (χ0n) is 11.5. The first kappa shape index (κ1) is 14.1. The first-order valence-corrected chi connectivity index (χ1v) is 8.36. The molecule has 0 saturated carbocycles. The van der Waals surface area contributed by atoms with Gasteiger partial charge >= 0.3 is 0 Å². The van der Waals surface area contributed by atoms with Crippen molar-refractivity contribution in [3.63, 3.8) is 0 Å². The molecular weight excluding hydrogens is 300 g/mol. The van der Waals surface area contributed by atoms with Crippen LogP contribution in [-0.4, -0.2) is 16.6 Å². The van der Waals surface area contributed by atoms with Crippen LogP contribution in [0.2, 0.25) is 0 Å². The van der Waals surface area contributed by atoms with Crippen molar-refractivity contribution < 1.29 is 4.79 Å². The molecule has 0 saturated heterocycles. The minimum Gasteiger partial charge on any atom is -0.325 e. The second-order valence-corrected chi connectivity index (χ2v) is 6.90. The maximum Gasteiger partial charge on any atom is 0.234 e. The fourth-order valence-corrected chi connectivity index (χ4v) is 3.74. The Morgan fingerprint density at radius 3 is 2.71 bits per heavy atom. The van der Waals surface area contributed by atoms with E-state index < -0.39 is 0 Å². The number of anilines is 1. The second-order valence-electron chi connectivity index (χ2n) is 4.65. The summed E-state index contributed by atoms with van der Waals surface area (Å²) >= 11 is 3.09. The number of thiazole rings is 1. The second kappa shape index (κ2) is 6.28. The van der Waals surface area contributed by atoms with Gasteiger partial charge in [-0.05, 0) is 31.2 Å². The van der Waals surface area contributed by atoms with Gasteiger partial charge in [-0.15, -0.1) is 11.3 Å². The standard InChI is InChI=1S/C16H14N2OS2/c1-11-6-8-12(9-7-11)17-15(19)10-20-16-18-13-4-2-3-5-14(13)21-16/h2-9H,10H2,1H3,(H,17,19). The quantitative estimate of drug-likeness (QED) is 0.729. The number of carbonyl (C=O) groups excluding carboxylic acids is 1. The summed E-state index contributed by atoms with van der Waals surface area (Å²) in [5.41, 5.74) is 3.00. The van der Waals surface area contributed by atoms with Crippen molar-refractivity contribution in [2.24, 2.45) is 0 Å². The zero-order valence-corrected chi connectivity index (χ0v) is 13.1. The van der Waals surface area contributed by atoms with E-state index in [9.17, 15) is 4.79 Å². The lowest BCUT2D eigenvalue weighted by atomic mass is 10.2. The van der Waals surface area contributed by atoms with E-state index in [4.69, 9.17) is 0 Å². The van der Waals surface area contributed by atoms with Gasteiger partial charge in [0, 0.05) is 5.69 Å². The van der Waals surface area contributed by atoms with Crippen LogP contribution >= 0.6 is 23.1 Å². The first-order chi connectivity index (χ1) is 10.2. The minimum absolute atomic E-state index is 0.0110. The number of fused-ring (bicyclic) bond motifs is 1. The molecule has 21 heavy (non-hydrogen) atoms. The molecule has 0 unspecified atom stereocenters. The average molecular weight is 314 g/mol. The summed E-state index contributed by atoms with van der Waals surface area (Å²) in [4.78, 5) is 16.4. The molecule has 3 aromatic rings. The molecule has 106 valence electrons. The Morgan fingerprint density at radius 2 is 1.95 bits per heavy atom. The third-order valence-corrected chi connectivity index (χ3v) is 5.12. The number of para-hydroxylation sites is 1. The van der Waals surface area contributed by atoms with Gasteiger partial charge in [-0.3, -0.25) is 4.79 Å². The van der Waals surface area contributed by atoms with Crippen LogP contribution in [0, 0.1) is 6.92 Å². The lowest BCUT2D eigenvalue weighted by molar-refractivity contribution is -0.113. The molecular formula is C16H14N2OS2. The van der Waals surface area contributed by atoms with Gasteiger partial charge in [-0.25, -0.2) is 4.98 Å². The predicted octanol–water partition coefficient (Wildman–Crippen LogP) is 4.34. The van der Waals surface area contributed by atoms with Crippen LogP contribution in [0.1, 0.15) is 5.56 Å². The van der Waals surface area contributed by atoms with Gasteiger partial charge in [-0.2, -0.15) is 0 Å². The maximum absolute atomic E-state index is 11.9. The van der Waals surface area contributed by atoms with Crippen molar-refractivity contribution in [1.29, 1.82) is 0 Å². The van der Waals surface area contributed by atoms with E-state index >= 15 is 0 Å². The summed E-state index contributed by atoms with van der Waals surface area (Å²) in [6.07, 6.45) is 0. The summed E-state index contributed by atoms with van der Waals surface area (Å²) in [5.74, 6) is 0.358. The van der Waals surface area contributed by atoms with Crippen molar-refractivity contribution in [3.8, 4) is 0 Å². The van der Waals surface area contributed by atoms with E-state index in [1.54, 1.807) is 11.3 Å². The van der Waals surface area contributed by atoms with Crippen LogP contribution in [0.25, 0.3) is 10.2 Å². The summed E-state index contributed by atoms with van der Waals surface area (Å²) in [5, 5.41) is 2.89. The maximum atomic E-state index is 11.9. The Balaban J connectivity index is 1.59. The fraction of sp³-hybridized carbons (Fsp3) is 0.125. The molecule has 0 bridgehead atoms. The normalized spacial score (nSPS) is 10.7. The SMILES string of the molecule is Cc1ccc(NC(=O)CSc2nc3ccccc3s2)cc1. The lowest BCUT2D eigenvalue weighted by Crippen LogP contribution is -2.13. The zero-order chi connectivity index (χ0) is 14.7. The van der Waals surface area contributed by atoms with E-state index in [1.807, 2.05) is 55.5 Å². The highest BCUT2D eigenvalue weighted by Gasteiger charge is 2.07. The predicted molar refractivity (Wildman–Crippen MR) is 90.2 cm³/mol. The van der Waals surface area contributed by atoms with E-state index in [0.717, 1.165) is 20.2 Å². The van der Waals surface area contributed by atoms with E-state index in [0.29, 0.717) is 5.75 Å². The van der Waals surface area contributed by atoms with Crippen LogP contribution in [0.5, 0.6) is 0 Å². The molecule has 5 heteroatoms. The molecule has 0 fully saturated rings. The third-order valence-electron chi connectivity index (χ3n) is 2.94. The third kappa shape index (κ3) is 3.62. The fourth-order valence-electron chi connectivity index (χ4n) is 1.87. The summed E-state index contributed by atoms with van der Waals surface area (Å²) in [7, 11) is 0. The summed E-state index contributed by atoms with van der Waals surface area (Å²) in [6, 6.07) is 15.8. The molecule has 0 aliphatic rings. The number of benzene rings is 2. The van der Waals surface area contributed by atoms with Crippen molar-refractivity contribution in [2.75, 3.05) is 11.1 Å². The number of aryl methyl sites for hydroxylation is 1. The summed E-state index contributed by atoms with van der Waals surface area (Å²) in [6.45, 7) is 2.02. The smallest absolute Gasteiger partial charge is 0.234 e. The molecule has 0 aliphatic carbocycles. The van der Waals surface area contributed by atoms with Gasteiger partial charge < -0.3 is 5.32 Å². The molecule has 1 heterocycles. The van der Waals surface area contributed by atoms with Crippen molar-refractivity contribution in [3.05, 3.63) is 54.1 Å². The van der Waals surface area contributed by atoms with Gasteiger partial charge in [0.05, 0.1) is 16.0 Å². The van der Waals surface area contributed by atoms with Crippen LogP contribution in [0.4, 0.5) is 5.69 Å². The average Bonchev–Trinajstić information content (AvgIpc) is 2.90. The molecule has 1 amide bonds. The van der Waals surface area contributed by atoms with Gasteiger partial charge in [0.1, 0.15) is 0 Å². The Bertz CT molecular complexity index is 732. The molecule has 1 N–H and O–H groups in total. The highest BCUT2D eigenvalue weighted by molar-refractivity contribution is 8.01. The molecule has 3 nitrogen and oxygen atoms in total. The van der Waals surface area contributed by atoms with Gasteiger partial charge in [0.2, 0.25) is 5.91 Å². The number of thioether (sulfide) groups is 1. The Labute approximate surface area is 131 Å². The molecule has 1 aromatic heterocycles. The number of aromatic nitrogens is 1. The van der Waals surface area contributed by atoms with Crippen molar-refractivity contribution >= 4 is 44.9 Å². The monoisotopic (exact) mass is 314 g/mol. The summed E-state index contributed by atoms with van der Waals surface area (Å²) < 4.78 is 2.08. The molecule has 3 rings (SSSR count). The molecule has 0 radical (unpaired) electrons. The van der Waals surface area contributed by atoms with Crippen LogP contribution in [-0.2, 0) is 4.79 Å². The Morgan fingerprint density at radius 1 is 1.19 bits per heavy atom. The molecule has 0 atom stereocenters. The number of nitrogens with zero attached hydrogens (tertiary/aromatic N) is 1. The molecule has 0 aliphatic heterocycles. The highest BCUT2D eigenvalue weighted by atomic mass is 32.2. The van der Waals surface area contributed by atoms with E-state index in [-0.39, 0.29) is 5.91 Å². The first-order valence-electron chi connectivity index (χ1n) is 6.55. The van der Waals surface area contributed by atoms with Crippen LogP contribution in [0.3, 0.4) is 0 Å². The van der Waals surface area contributed by atoms with E-state index in [2.05, 4.69) is 10.3 Å². The molecule has 0 spiro atoms. The number of carbonyl (C=O) groups is 1. The van der Waals surface area contributed by atoms with Crippen molar-refractivity contribution in [2.45, 2.75) is 11.3 Å². The lowest BCUT2D eigenvalue weighted by Gasteiger charge is -2.04. The topological polar surface area (TPSA) is 42.0 Å². The number of amides is 1. The van der Waals surface area contributed by atoms with Gasteiger partial charge in [0.25, 0.3) is 0 Å². The van der Waals surface area contributed by atoms with Crippen LogP contribution in [0.15, 0.2) is 52.9 Å². The largest absolute Gasteiger partial charge is 0.325 e. The van der Waals surface area contributed by atoms with Gasteiger partial charge in [-0.1, -0.05) is 41.6 Å². The van der Waals surface area contributed by atoms with E-state index in [1.165, 1.54) is 17.3 Å². The van der Waals surface area contributed by atoms with Crippen LogP contribution < -0.4 is 5.32 Å². The highest BCUT2D eigenvalue weighted by Crippen LogP contribution is 2.29. The van der Waals surface area contributed by atoms with Gasteiger partial charge in [0.15, 0.2) is 4.34 Å². The minimum atomic E-state index is -0.0110.